The van der Waals surface area contributed by atoms with Crippen LogP contribution in [0.25, 0.3) is 0 Å². The molecule has 1 nitrogen and oxygen atoms in total. The molecule has 1 radical (unpaired) electrons. The van der Waals surface area contributed by atoms with Crippen molar-refractivity contribution >= 4 is 0 Å². The Labute approximate surface area is 71.0 Å². The maximum atomic E-state index is 3.98. The number of rotatable bonds is 2. The Hall–Kier alpha value is -0.0400. The normalized spacial score (nSPS) is 39.0. The summed E-state index contributed by atoms with van der Waals surface area (Å²) in [5.41, 5.74) is 0. The van der Waals surface area contributed by atoms with Gasteiger partial charge in [-0.2, -0.15) is 0 Å². The largest absolute Gasteiger partial charge is 0.326 e. The number of hydrogen-bond donors (Lipinski definition) is 0. The predicted octanol–water partition coefficient (Wildman–Crippen LogP) is 2.09. The van der Waals surface area contributed by atoms with E-state index in [1.54, 1.807) is 0 Å². The second-order valence-electron chi connectivity index (χ2n) is 4.11. The smallest absolute Gasteiger partial charge is 0.0787 e. The lowest BCUT2D eigenvalue weighted by Gasteiger charge is -2.39. The number of hydrogen-bond acceptors (Lipinski definition) is 0. The Morgan fingerprint density at radius 3 is 2.27 bits per heavy atom. The van der Waals surface area contributed by atoms with E-state index < -0.39 is 0 Å². The maximum absolute atomic E-state index is 3.98. The highest BCUT2D eigenvalue weighted by atomic mass is 15.3. The second kappa shape index (κ2) is 3.57. The quantitative estimate of drug-likeness (QED) is 0.536. The van der Waals surface area contributed by atoms with Crippen LogP contribution < -0.4 is 0 Å². The van der Waals surface area contributed by atoms with Crippen LogP contribution in [0.2, 0.25) is 0 Å². The molecule has 11 heavy (non-hydrogen) atoms. The van der Waals surface area contributed by atoms with Crippen LogP contribution >= 0.6 is 0 Å². The van der Waals surface area contributed by atoms with Gasteiger partial charge in [-0.25, -0.2) is 0 Å². The van der Waals surface area contributed by atoms with E-state index in [-0.39, 0.29) is 0 Å². The summed E-state index contributed by atoms with van der Waals surface area (Å²) in [7, 11) is 2.37. The minimum atomic E-state index is 0.924. The highest BCUT2D eigenvalue weighted by Gasteiger charge is 2.26. The molecule has 0 bridgehead atoms. The van der Waals surface area contributed by atoms with Crippen LogP contribution in [0, 0.1) is 12.8 Å². The van der Waals surface area contributed by atoms with E-state index in [2.05, 4.69) is 20.9 Å². The Bertz CT molecular complexity index is 112. The molecular weight excluding hydrogens is 134 g/mol. The number of piperidine rings is 1. The number of quaternary nitrogens is 1. The molecule has 1 heterocycles. The first-order valence-corrected chi connectivity index (χ1v) is 4.83. The lowest BCUT2D eigenvalue weighted by atomic mass is 9.93. The number of likely N-dealkylation sites (tertiary alicyclic amines) is 1. The van der Waals surface area contributed by atoms with Crippen molar-refractivity contribution < 1.29 is 4.48 Å². The van der Waals surface area contributed by atoms with Gasteiger partial charge in [0.1, 0.15) is 0 Å². The van der Waals surface area contributed by atoms with Crippen LogP contribution in [0.15, 0.2) is 0 Å². The van der Waals surface area contributed by atoms with Gasteiger partial charge in [-0.3, -0.25) is 0 Å². The van der Waals surface area contributed by atoms with Gasteiger partial charge in [0.25, 0.3) is 0 Å². The molecule has 0 aromatic heterocycles. The van der Waals surface area contributed by atoms with Crippen LogP contribution in [-0.4, -0.2) is 31.2 Å². The molecule has 1 aliphatic rings. The van der Waals surface area contributed by atoms with Crippen molar-refractivity contribution in [2.24, 2.45) is 5.92 Å². The van der Waals surface area contributed by atoms with E-state index in [0.29, 0.717) is 0 Å². The van der Waals surface area contributed by atoms with Crippen LogP contribution in [0.3, 0.4) is 0 Å². The molecule has 0 unspecified atom stereocenters. The zero-order valence-electron chi connectivity index (χ0n) is 7.97. The molecule has 0 saturated carbocycles. The molecule has 1 heteroatoms. The maximum Gasteiger partial charge on any atom is 0.0787 e. The summed E-state index contributed by atoms with van der Waals surface area (Å²) in [5, 5.41) is 0. The van der Waals surface area contributed by atoms with Gasteiger partial charge in [0.2, 0.25) is 0 Å². The standard InChI is InChI=1S/C10H21N/c1-4-10-6-8-11(3,5-2)9-7-10/h10H,1,4-9H2,2-3H3/q+1. The summed E-state index contributed by atoms with van der Waals surface area (Å²) in [6, 6.07) is 0. The van der Waals surface area contributed by atoms with Gasteiger partial charge in [0.15, 0.2) is 0 Å². The second-order valence-corrected chi connectivity index (χ2v) is 4.11. The van der Waals surface area contributed by atoms with Crippen LogP contribution in [-0.2, 0) is 0 Å². The van der Waals surface area contributed by atoms with Gasteiger partial charge in [-0.05, 0) is 25.7 Å². The predicted molar refractivity (Wildman–Crippen MR) is 49.2 cm³/mol. The summed E-state index contributed by atoms with van der Waals surface area (Å²) < 4.78 is 1.29. The Morgan fingerprint density at radius 2 is 1.91 bits per heavy atom. The van der Waals surface area contributed by atoms with E-state index >= 15 is 0 Å². The summed E-state index contributed by atoms with van der Waals surface area (Å²) >= 11 is 0. The third kappa shape index (κ3) is 2.19. The molecule has 1 fully saturated rings. The molecular formula is C10H21N+. The molecule has 65 valence electrons. The van der Waals surface area contributed by atoms with E-state index in [1.165, 1.54) is 37.0 Å². The molecule has 0 amide bonds. The summed E-state index contributed by atoms with van der Waals surface area (Å²) in [6.07, 6.45) is 3.94. The average Bonchev–Trinajstić information content (AvgIpc) is 2.06. The fourth-order valence-electron chi connectivity index (χ4n) is 1.85. The minimum absolute atomic E-state index is 0.924. The Morgan fingerprint density at radius 1 is 1.36 bits per heavy atom. The Balaban J connectivity index is 2.35. The first-order chi connectivity index (χ1) is 5.20. The van der Waals surface area contributed by atoms with Crippen molar-refractivity contribution in [2.45, 2.75) is 26.2 Å². The zero-order chi connectivity index (χ0) is 8.32. The summed E-state index contributed by atoms with van der Waals surface area (Å²) in [6.45, 7) is 10.3. The average molecular weight is 155 g/mol. The van der Waals surface area contributed by atoms with Gasteiger partial charge in [0, 0.05) is 0 Å². The van der Waals surface area contributed by atoms with Gasteiger partial charge < -0.3 is 4.48 Å². The highest BCUT2D eigenvalue weighted by Crippen LogP contribution is 2.23. The lowest BCUT2D eigenvalue weighted by Crippen LogP contribution is -2.49. The fourth-order valence-corrected chi connectivity index (χ4v) is 1.85. The summed E-state index contributed by atoms with van der Waals surface area (Å²) in [4.78, 5) is 0. The number of nitrogens with zero attached hydrogens (tertiary/aromatic N) is 1. The molecule has 0 spiro atoms. The van der Waals surface area contributed by atoms with Gasteiger partial charge >= 0.3 is 0 Å². The van der Waals surface area contributed by atoms with E-state index in [0.717, 1.165) is 12.3 Å². The SMILES string of the molecule is [CH2]CC1CC[N+](C)(CC)CC1. The monoisotopic (exact) mass is 155 g/mol. The topological polar surface area (TPSA) is 0 Å². The molecule has 0 aromatic rings. The third-order valence-electron chi connectivity index (χ3n) is 3.33. The molecule has 0 N–H and O–H groups in total. The minimum Gasteiger partial charge on any atom is -0.326 e. The van der Waals surface area contributed by atoms with E-state index in [4.69, 9.17) is 0 Å². The summed E-state index contributed by atoms with van der Waals surface area (Å²) in [5.74, 6) is 0.924. The van der Waals surface area contributed by atoms with Crippen molar-refractivity contribution in [1.82, 2.24) is 0 Å². The van der Waals surface area contributed by atoms with Crippen molar-refractivity contribution in [3.63, 3.8) is 0 Å². The molecule has 0 atom stereocenters. The Kier molecular flexibility index (Phi) is 2.94. The van der Waals surface area contributed by atoms with Crippen LogP contribution in [0.5, 0.6) is 0 Å². The molecule has 1 saturated heterocycles. The molecule has 1 rings (SSSR count). The van der Waals surface area contributed by atoms with E-state index in [9.17, 15) is 0 Å². The molecule has 1 aliphatic heterocycles. The lowest BCUT2D eigenvalue weighted by molar-refractivity contribution is -0.913. The zero-order valence-corrected chi connectivity index (χ0v) is 7.97. The first-order valence-electron chi connectivity index (χ1n) is 4.83. The molecule has 0 aromatic carbocycles. The van der Waals surface area contributed by atoms with Crippen molar-refractivity contribution in [3.05, 3.63) is 6.92 Å². The van der Waals surface area contributed by atoms with E-state index in [1.807, 2.05) is 0 Å². The van der Waals surface area contributed by atoms with Gasteiger partial charge in [0.05, 0.1) is 26.7 Å². The van der Waals surface area contributed by atoms with Crippen molar-refractivity contribution in [2.75, 3.05) is 26.7 Å². The van der Waals surface area contributed by atoms with Gasteiger partial charge in [-0.1, -0.05) is 13.3 Å². The van der Waals surface area contributed by atoms with Crippen molar-refractivity contribution in [1.29, 1.82) is 0 Å². The first kappa shape index (κ1) is 9.05. The fraction of sp³-hybridized carbons (Fsp3) is 0.900. The van der Waals surface area contributed by atoms with Crippen molar-refractivity contribution in [3.8, 4) is 0 Å². The van der Waals surface area contributed by atoms with Crippen LogP contribution in [0.4, 0.5) is 0 Å². The highest BCUT2D eigenvalue weighted by molar-refractivity contribution is 4.64. The van der Waals surface area contributed by atoms with Crippen LogP contribution in [0.1, 0.15) is 26.2 Å². The third-order valence-corrected chi connectivity index (χ3v) is 3.33. The van der Waals surface area contributed by atoms with Gasteiger partial charge in [-0.15, -0.1) is 0 Å². The molecule has 0 aliphatic carbocycles.